The van der Waals surface area contributed by atoms with E-state index in [0.29, 0.717) is 5.69 Å². The number of hydrogen-bond acceptors (Lipinski definition) is 4. The van der Waals surface area contributed by atoms with E-state index in [0.717, 1.165) is 11.3 Å². The Bertz CT molecular complexity index is 777. The van der Waals surface area contributed by atoms with Crippen LogP contribution in [0.4, 0.5) is 0 Å². The molecule has 1 heterocycles. The first kappa shape index (κ1) is 12.9. The number of nitrogens with zero attached hydrogens (tertiary/aromatic N) is 3. The molecule has 0 saturated carbocycles. The smallest absolute Gasteiger partial charge is 0.335 e. The predicted octanol–water partition coefficient (Wildman–Crippen LogP) is 2.34. The number of carboxylic acids is 1. The van der Waals surface area contributed by atoms with Crippen molar-refractivity contribution in [2.24, 2.45) is 0 Å². The molecule has 21 heavy (non-hydrogen) atoms. The van der Waals surface area contributed by atoms with Crippen LogP contribution < -0.4 is 0 Å². The minimum absolute atomic E-state index is 0.184. The van der Waals surface area contributed by atoms with Gasteiger partial charge in [-0.15, -0.1) is 5.10 Å². The Morgan fingerprint density at radius 1 is 1.00 bits per heavy atom. The third-order valence-corrected chi connectivity index (χ3v) is 3.04. The average molecular weight is 281 g/mol. The highest BCUT2D eigenvalue weighted by Crippen LogP contribution is 2.19. The highest BCUT2D eigenvalue weighted by molar-refractivity contribution is 5.88. The van der Waals surface area contributed by atoms with E-state index in [9.17, 15) is 9.90 Å². The molecule has 0 unspecified atom stereocenters. The lowest BCUT2D eigenvalue weighted by atomic mass is 10.1. The number of phenols is 1. The van der Waals surface area contributed by atoms with E-state index >= 15 is 0 Å². The first-order chi connectivity index (χ1) is 10.1. The lowest BCUT2D eigenvalue weighted by molar-refractivity contribution is 0.0697. The summed E-state index contributed by atoms with van der Waals surface area (Å²) in [7, 11) is 0. The van der Waals surface area contributed by atoms with Crippen LogP contribution in [0, 0.1) is 0 Å². The van der Waals surface area contributed by atoms with Crippen LogP contribution in [0.5, 0.6) is 5.75 Å². The average Bonchev–Trinajstić information content (AvgIpc) is 2.98. The second-order valence-electron chi connectivity index (χ2n) is 4.45. The molecule has 0 spiro atoms. The number of benzene rings is 2. The SMILES string of the molecule is O=C(O)c1ccc(-c2cn(-c3ccc(O)cc3)nn2)cc1. The Hall–Kier alpha value is -3.15. The van der Waals surface area contributed by atoms with Crippen molar-refractivity contribution in [1.82, 2.24) is 15.0 Å². The van der Waals surface area contributed by atoms with E-state index in [-0.39, 0.29) is 11.3 Å². The van der Waals surface area contributed by atoms with E-state index in [1.807, 2.05) is 0 Å². The maximum Gasteiger partial charge on any atom is 0.335 e. The predicted molar refractivity (Wildman–Crippen MR) is 75.4 cm³/mol. The van der Waals surface area contributed by atoms with Gasteiger partial charge < -0.3 is 10.2 Å². The molecule has 0 atom stereocenters. The molecule has 3 rings (SSSR count). The molecule has 0 amide bonds. The van der Waals surface area contributed by atoms with Crippen molar-refractivity contribution in [3.63, 3.8) is 0 Å². The number of aromatic carboxylic acids is 1. The first-order valence-corrected chi connectivity index (χ1v) is 6.19. The maximum absolute atomic E-state index is 10.8. The Balaban J connectivity index is 1.90. The Morgan fingerprint density at radius 3 is 2.29 bits per heavy atom. The first-order valence-electron chi connectivity index (χ1n) is 6.19. The van der Waals surface area contributed by atoms with E-state index < -0.39 is 5.97 Å². The van der Waals surface area contributed by atoms with Gasteiger partial charge in [-0.2, -0.15) is 0 Å². The summed E-state index contributed by atoms with van der Waals surface area (Å²) in [5.74, 6) is -0.780. The summed E-state index contributed by atoms with van der Waals surface area (Å²) in [5, 5.41) is 26.2. The standard InChI is InChI=1S/C15H11N3O3/c19-13-7-5-12(6-8-13)18-9-14(16-17-18)10-1-3-11(4-2-10)15(20)21/h1-9,19H,(H,20,21). The van der Waals surface area contributed by atoms with Crippen LogP contribution in [-0.2, 0) is 0 Å². The van der Waals surface area contributed by atoms with Crippen molar-refractivity contribution in [1.29, 1.82) is 0 Å². The Morgan fingerprint density at radius 2 is 1.67 bits per heavy atom. The molecular formula is C15H11N3O3. The van der Waals surface area contributed by atoms with Crippen LogP contribution in [0.25, 0.3) is 16.9 Å². The zero-order valence-electron chi connectivity index (χ0n) is 10.8. The monoisotopic (exact) mass is 281 g/mol. The largest absolute Gasteiger partial charge is 0.508 e. The van der Waals surface area contributed by atoms with Crippen molar-refractivity contribution in [3.8, 4) is 22.7 Å². The lowest BCUT2D eigenvalue weighted by Gasteiger charge is -1.99. The van der Waals surface area contributed by atoms with Crippen molar-refractivity contribution in [2.75, 3.05) is 0 Å². The Labute approximate surface area is 119 Å². The molecule has 0 fully saturated rings. The van der Waals surface area contributed by atoms with Crippen molar-refractivity contribution < 1.29 is 15.0 Å². The molecule has 6 heteroatoms. The Kier molecular flexibility index (Phi) is 3.12. The van der Waals surface area contributed by atoms with Crippen molar-refractivity contribution in [3.05, 3.63) is 60.3 Å². The number of carboxylic acid groups (broad SMARTS) is 1. The summed E-state index contributed by atoms with van der Waals surface area (Å²) in [6, 6.07) is 13.0. The molecule has 104 valence electrons. The zero-order chi connectivity index (χ0) is 14.8. The van der Waals surface area contributed by atoms with Crippen LogP contribution in [0.15, 0.2) is 54.7 Å². The normalized spacial score (nSPS) is 10.5. The van der Waals surface area contributed by atoms with E-state index in [1.54, 1.807) is 47.3 Å². The number of rotatable bonds is 3. The fourth-order valence-corrected chi connectivity index (χ4v) is 1.91. The second-order valence-corrected chi connectivity index (χ2v) is 4.45. The zero-order valence-corrected chi connectivity index (χ0v) is 10.8. The summed E-state index contributed by atoms with van der Waals surface area (Å²) in [6.45, 7) is 0. The van der Waals surface area contributed by atoms with Gasteiger partial charge in [0.05, 0.1) is 17.4 Å². The summed E-state index contributed by atoms with van der Waals surface area (Å²) in [4.78, 5) is 10.8. The van der Waals surface area contributed by atoms with Crippen LogP contribution in [0.1, 0.15) is 10.4 Å². The quantitative estimate of drug-likeness (QED) is 0.769. The van der Waals surface area contributed by atoms with Gasteiger partial charge in [-0.1, -0.05) is 17.3 Å². The van der Waals surface area contributed by atoms with Crippen molar-refractivity contribution in [2.45, 2.75) is 0 Å². The van der Waals surface area contributed by atoms with Gasteiger partial charge in [0, 0.05) is 5.56 Å². The fraction of sp³-hybridized carbons (Fsp3) is 0. The number of hydrogen-bond donors (Lipinski definition) is 2. The van der Waals surface area contributed by atoms with Crippen LogP contribution >= 0.6 is 0 Å². The highest BCUT2D eigenvalue weighted by atomic mass is 16.4. The molecule has 0 saturated heterocycles. The number of aromatic nitrogens is 3. The van der Waals surface area contributed by atoms with Crippen LogP contribution in [0.3, 0.4) is 0 Å². The summed E-state index contributed by atoms with van der Waals surface area (Å²) in [5.41, 5.74) is 2.42. The number of phenolic OH excluding ortho intramolecular Hbond substituents is 1. The molecule has 0 aliphatic carbocycles. The van der Waals surface area contributed by atoms with Gasteiger partial charge in [0.25, 0.3) is 0 Å². The summed E-state index contributed by atoms with van der Waals surface area (Å²) in [6.07, 6.45) is 1.74. The molecule has 1 aromatic heterocycles. The molecule has 2 N–H and O–H groups in total. The van der Waals surface area contributed by atoms with Gasteiger partial charge in [0.1, 0.15) is 11.4 Å². The minimum Gasteiger partial charge on any atom is -0.508 e. The molecule has 6 nitrogen and oxygen atoms in total. The second kappa shape index (κ2) is 5.09. The molecule has 0 aliphatic heterocycles. The maximum atomic E-state index is 10.8. The number of carbonyl (C=O) groups is 1. The third-order valence-electron chi connectivity index (χ3n) is 3.04. The van der Waals surface area contributed by atoms with Gasteiger partial charge in [0.15, 0.2) is 0 Å². The van der Waals surface area contributed by atoms with E-state index in [1.165, 1.54) is 12.1 Å². The molecule has 0 bridgehead atoms. The minimum atomic E-state index is -0.964. The molecule has 3 aromatic rings. The van der Waals surface area contributed by atoms with Gasteiger partial charge in [0.2, 0.25) is 0 Å². The molecule has 0 aliphatic rings. The van der Waals surface area contributed by atoms with Gasteiger partial charge in [-0.3, -0.25) is 0 Å². The van der Waals surface area contributed by atoms with Crippen LogP contribution in [0.2, 0.25) is 0 Å². The van der Waals surface area contributed by atoms with Gasteiger partial charge in [-0.05, 0) is 36.4 Å². The van der Waals surface area contributed by atoms with Crippen LogP contribution in [-0.4, -0.2) is 31.2 Å². The fourth-order valence-electron chi connectivity index (χ4n) is 1.91. The summed E-state index contributed by atoms with van der Waals surface area (Å²) >= 11 is 0. The van der Waals surface area contributed by atoms with Crippen molar-refractivity contribution >= 4 is 5.97 Å². The molecular weight excluding hydrogens is 270 g/mol. The summed E-state index contributed by atoms with van der Waals surface area (Å²) < 4.78 is 1.58. The molecule has 0 radical (unpaired) electrons. The number of aromatic hydroxyl groups is 1. The van der Waals surface area contributed by atoms with E-state index in [4.69, 9.17) is 5.11 Å². The molecule has 2 aromatic carbocycles. The highest BCUT2D eigenvalue weighted by Gasteiger charge is 2.07. The lowest BCUT2D eigenvalue weighted by Crippen LogP contribution is -1.94. The van der Waals surface area contributed by atoms with Gasteiger partial charge in [-0.25, -0.2) is 9.48 Å². The topological polar surface area (TPSA) is 88.2 Å². The van der Waals surface area contributed by atoms with Gasteiger partial charge >= 0.3 is 5.97 Å². The van der Waals surface area contributed by atoms with E-state index in [2.05, 4.69) is 10.3 Å². The third kappa shape index (κ3) is 2.59.